The number of hydrogen-bond acceptors (Lipinski definition) is 3. The number of pyridine rings is 1. The second-order valence-electron chi connectivity index (χ2n) is 4.00. The Bertz CT molecular complexity index is 782. The van der Waals surface area contributed by atoms with E-state index in [-0.39, 0.29) is 5.56 Å². The van der Waals surface area contributed by atoms with Crippen LogP contribution >= 0.6 is 15.9 Å². The number of carboxylic acids is 1. The van der Waals surface area contributed by atoms with E-state index in [4.69, 9.17) is 5.11 Å². The first-order valence-electron chi connectivity index (χ1n) is 5.48. The van der Waals surface area contributed by atoms with E-state index in [1.807, 2.05) is 24.3 Å². The van der Waals surface area contributed by atoms with Crippen molar-refractivity contribution >= 4 is 33.1 Å². The third-order valence-corrected chi connectivity index (χ3v) is 3.18. The van der Waals surface area contributed by atoms with Crippen LogP contribution in [0, 0.1) is 0 Å². The summed E-state index contributed by atoms with van der Waals surface area (Å²) in [4.78, 5) is 22.3. The van der Waals surface area contributed by atoms with Crippen molar-refractivity contribution in [3.8, 4) is 11.4 Å². The summed E-state index contributed by atoms with van der Waals surface area (Å²) in [5, 5.41) is 8.92. The van der Waals surface area contributed by atoms with Crippen molar-refractivity contribution in [1.82, 2.24) is 15.0 Å². The largest absolute Gasteiger partial charge is 0.478 e. The molecular weight excluding hydrogens is 310 g/mol. The van der Waals surface area contributed by atoms with Gasteiger partial charge in [-0.25, -0.2) is 14.8 Å². The molecule has 0 saturated heterocycles. The second kappa shape index (κ2) is 4.47. The number of carboxylic acid groups (broad SMARTS) is 1. The van der Waals surface area contributed by atoms with Crippen LogP contribution in [0.2, 0.25) is 0 Å². The summed E-state index contributed by atoms with van der Waals surface area (Å²) in [6.07, 6.45) is 1.30. The molecule has 0 saturated carbocycles. The molecule has 0 atom stereocenters. The summed E-state index contributed by atoms with van der Waals surface area (Å²) in [7, 11) is 0. The lowest BCUT2D eigenvalue weighted by Gasteiger charge is -1.96. The number of aromatic amines is 1. The van der Waals surface area contributed by atoms with Crippen LogP contribution in [0.25, 0.3) is 22.6 Å². The van der Waals surface area contributed by atoms with E-state index in [9.17, 15) is 4.79 Å². The SMILES string of the molecule is O=C(O)c1cnc2nc(-c3cccc(Br)c3)[nH]c2c1. The molecule has 0 amide bonds. The van der Waals surface area contributed by atoms with Crippen LogP contribution in [0.5, 0.6) is 0 Å². The monoisotopic (exact) mass is 317 g/mol. The van der Waals surface area contributed by atoms with Gasteiger partial charge in [-0.05, 0) is 18.2 Å². The summed E-state index contributed by atoms with van der Waals surface area (Å²) in [5.41, 5.74) is 2.15. The smallest absolute Gasteiger partial charge is 0.337 e. The molecule has 0 bridgehead atoms. The number of carbonyl (C=O) groups is 1. The van der Waals surface area contributed by atoms with Gasteiger partial charge in [0.1, 0.15) is 5.82 Å². The first kappa shape index (κ1) is 11.9. The molecule has 0 radical (unpaired) electrons. The molecule has 2 heterocycles. The summed E-state index contributed by atoms with van der Waals surface area (Å²) in [6.45, 7) is 0. The minimum Gasteiger partial charge on any atom is -0.478 e. The molecule has 0 unspecified atom stereocenters. The molecule has 0 fully saturated rings. The highest BCUT2D eigenvalue weighted by Gasteiger charge is 2.10. The van der Waals surface area contributed by atoms with E-state index in [0.717, 1.165) is 10.0 Å². The molecule has 5 nitrogen and oxygen atoms in total. The summed E-state index contributed by atoms with van der Waals surface area (Å²) in [6, 6.07) is 9.20. The van der Waals surface area contributed by atoms with Gasteiger partial charge < -0.3 is 10.1 Å². The fraction of sp³-hybridized carbons (Fsp3) is 0. The average molecular weight is 318 g/mol. The van der Waals surface area contributed by atoms with Crippen LogP contribution in [-0.2, 0) is 0 Å². The van der Waals surface area contributed by atoms with E-state index in [2.05, 4.69) is 30.9 Å². The number of H-pyrrole nitrogens is 1. The number of fused-ring (bicyclic) bond motifs is 1. The van der Waals surface area contributed by atoms with Crippen LogP contribution in [0.3, 0.4) is 0 Å². The van der Waals surface area contributed by atoms with Crippen LogP contribution in [0.1, 0.15) is 10.4 Å². The number of aromatic nitrogens is 3. The summed E-state index contributed by atoms with van der Waals surface area (Å²) < 4.78 is 0.949. The van der Waals surface area contributed by atoms with Crippen molar-refractivity contribution < 1.29 is 9.90 Å². The molecule has 3 aromatic rings. The molecule has 0 aliphatic carbocycles. The van der Waals surface area contributed by atoms with Gasteiger partial charge in [0.25, 0.3) is 0 Å². The third-order valence-electron chi connectivity index (χ3n) is 2.68. The van der Waals surface area contributed by atoms with Crippen molar-refractivity contribution in [3.63, 3.8) is 0 Å². The highest BCUT2D eigenvalue weighted by atomic mass is 79.9. The van der Waals surface area contributed by atoms with Gasteiger partial charge in [-0.3, -0.25) is 0 Å². The Morgan fingerprint density at radius 1 is 1.32 bits per heavy atom. The van der Waals surface area contributed by atoms with Crippen LogP contribution in [-0.4, -0.2) is 26.0 Å². The van der Waals surface area contributed by atoms with Crippen molar-refractivity contribution in [2.45, 2.75) is 0 Å². The van der Waals surface area contributed by atoms with Gasteiger partial charge >= 0.3 is 5.97 Å². The lowest BCUT2D eigenvalue weighted by Crippen LogP contribution is -1.96. The standard InChI is InChI=1S/C13H8BrN3O2/c14-9-3-1-2-7(4-9)11-16-10-5-8(13(18)19)6-15-12(10)17-11/h1-6H,(H,18,19)(H,15,16,17). The summed E-state index contributed by atoms with van der Waals surface area (Å²) in [5.74, 6) is -0.348. The highest BCUT2D eigenvalue weighted by Crippen LogP contribution is 2.22. The first-order valence-corrected chi connectivity index (χ1v) is 6.28. The van der Waals surface area contributed by atoms with Crippen molar-refractivity contribution in [1.29, 1.82) is 0 Å². The zero-order valence-electron chi connectivity index (χ0n) is 9.59. The molecule has 19 heavy (non-hydrogen) atoms. The predicted molar refractivity (Wildman–Crippen MR) is 74.0 cm³/mol. The zero-order valence-corrected chi connectivity index (χ0v) is 11.2. The third kappa shape index (κ3) is 2.22. The quantitative estimate of drug-likeness (QED) is 0.761. The van der Waals surface area contributed by atoms with E-state index in [1.54, 1.807) is 0 Å². The Kier molecular flexibility index (Phi) is 2.79. The number of rotatable bonds is 2. The van der Waals surface area contributed by atoms with Crippen LogP contribution < -0.4 is 0 Å². The Labute approximate surface area is 116 Å². The normalized spacial score (nSPS) is 10.8. The highest BCUT2D eigenvalue weighted by molar-refractivity contribution is 9.10. The van der Waals surface area contributed by atoms with Gasteiger partial charge in [-0.2, -0.15) is 0 Å². The number of benzene rings is 1. The topological polar surface area (TPSA) is 78.9 Å². The van der Waals surface area contributed by atoms with Crippen molar-refractivity contribution in [3.05, 3.63) is 46.6 Å². The van der Waals surface area contributed by atoms with Gasteiger partial charge in [0.05, 0.1) is 11.1 Å². The number of halogens is 1. The van der Waals surface area contributed by atoms with Gasteiger partial charge in [0, 0.05) is 16.2 Å². The Morgan fingerprint density at radius 3 is 2.89 bits per heavy atom. The Morgan fingerprint density at radius 2 is 2.16 bits per heavy atom. The van der Waals surface area contributed by atoms with Gasteiger partial charge in [0.15, 0.2) is 5.65 Å². The van der Waals surface area contributed by atoms with E-state index in [0.29, 0.717) is 17.0 Å². The molecule has 2 N–H and O–H groups in total. The van der Waals surface area contributed by atoms with E-state index >= 15 is 0 Å². The predicted octanol–water partition coefficient (Wildman–Crippen LogP) is 3.09. The molecule has 3 rings (SSSR count). The second-order valence-corrected chi connectivity index (χ2v) is 4.91. The molecule has 0 spiro atoms. The maximum Gasteiger partial charge on any atom is 0.337 e. The molecule has 6 heteroatoms. The maximum absolute atomic E-state index is 10.9. The maximum atomic E-state index is 10.9. The van der Waals surface area contributed by atoms with Gasteiger partial charge in [-0.15, -0.1) is 0 Å². The van der Waals surface area contributed by atoms with Crippen LogP contribution in [0.15, 0.2) is 41.0 Å². The molecule has 0 aliphatic rings. The first-order chi connectivity index (χ1) is 9.13. The van der Waals surface area contributed by atoms with Crippen LogP contribution in [0.4, 0.5) is 0 Å². The molecular formula is C13H8BrN3O2. The van der Waals surface area contributed by atoms with Crippen molar-refractivity contribution in [2.75, 3.05) is 0 Å². The average Bonchev–Trinajstić information content (AvgIpc) is 2.81. The van der Waals surface area contributed by atoms with Crippen molar-refractivity contribution in [2.24, 2.45) is 0 Å². The van der Waals surface area contributed by atoms with Gasteiger partial charge in [-0.1, -0.05) is 28.1 Å². The van der Waals surface area contributed by atoms with E-state index < -0.39 is 5.97 Å². The lowest BCUT2D eigenvalue weighted by atomic mass is 10.2. The number of aromatic carboxylic acids is 1. The number of nitrogens with zero attached hydrogens (tertiary/aromatic N) is 2. The molecule has 2 aromatic heterocycles. The number of imidazole rings is 1. The van der Waals surface area contributed by atoms with Gasteiger partial charge in [0.2, 0.25) is 0 Å². The summed E-state index contributed by atoms with van der Waals surface area (Å²) >= 11 is 3.40. The fourth-order valence-electron chi connectivity index (χ4n) is 1.79. The fourth-order valence-corrected chi connectivity index (χ4v) is 2.19. The van der Waals surface area contributed by atoms with E-state index in [1.165, 1.54) is 12.3 Å². The minimum atomic E-state index is -1.01. The minimum absolute atomic E-state index is 0.136. The Hall–Kier alpha value is -2.21. The lowest BCUT2D eigenvalue weighted by molar-refractivity contribution is 0.0696. The Balaban J connectivity index is 2.14. The molecule has 1 aromatic carbocycles. The molecule has 0 aliphatic heterocycles. The molecule has 94 valence electrons. The number of hydrogen-bond donors (Lipinski definition) is 2. The number of nitrogens with one attached hydrogen (secondary N) is 1. The zero-order chi connectivity index (χ0) is 13.4.